The predicted molar refractivity (Wildman–Crippen MR) is 77.2 cm³/mol. The van der Waals surface area contributed by atoms with Gasteiger partial charge in [-0.2, -0.15) is 0 Å². The Labute approximate surface area is 115 Å². The van der Waals surface area contributed by atoms with E-state index in [0.717, 1.165) is 12.8 Å². The van der Waals surface area contributed by atoms with Gasteiger partial charge in [-0.05, 0) is 48.9 Å². The Morgan fingerprint density at radius 2 is 1.95 bits per heavy atom. The van der Waals surface area contributed by atoms with Crippen molar-refractivity contribution in [1.82, 2.24) is 4.72 Å². The van der Waals surface area contributed by atoms with Crippen molar-refractivity contribution >= 4 is 15.7 Å². The summed E-state index contributed by atoms with van der Waals surface area (Å²) in [5, 5.41) is 0. The lowest BCUT2D eigenvalue weighted by atomic mass is 9.83. The molecule has 1 aliphatic rings. The second kappa shape index (κ2) is 5.92. The van der Waals surface area contributed by atoms with Gasteiger partial charge in [-0.1, -0.05) is 19.8 Å². The summed E-state index contributed by atoms with van der Waals surface area (Å²) >= 11 is 0. The Balaban J connectivity index is 1.96. The highest BCUT2D eigenvalue weighted by Crippen LogP contribution is 2.28. The van der Waals surface area contributed by atoms with Crippen LogP contribution in [0.3, 0.4) is 0 Å². The minimum absolute atomic E-state index is 0.283. The van der Waals surface area contributed by atoms with E-state index in [1.54, 1.807) is 24.3 Å². The fourth-order valence-electron chi connectivity index (χ4n) is 2.70. The molecule has 4 nitrogen and oxygen atoms in total. The molecule has 0 heterocycles. The first-order valence-electron chi connectivity index (χ1n) is 6.82. The highest BCUT2D eigenvalue weighted by atomic mass is 32.2. The number of sulfonamides is 1. The van der Waals surface area contributed by atoms with Crippen LogP contribution in [0.2, 0.25) is 0 Å². The highest BCUT2D eigenvalue weighted by Gasteiger charge is 2.21. The minimum Gasteiger partial charge on any atom is -0.399 e. The van der Waals surface area contributed by atoms with Crippen molar-refractivity contribution in [2.45, 2.75) is 37.5 Å². The van der Waals surface area contributed by atoms with Crippen LogP contribution in [0.1, 0.15) is 32.6 Å². The summed E-state index contributed by atoms with van der Waals surface area (Å²) in [6.45, 7) is 2.78. The zero-order valence-corrected chi connectivity index (χ0v) is 12.1. The molecule has 106 valence electrons. The summed E-state index contributed by atoms with van der Waals surface area (Å²) in [5.74, 6) is 1.17. The van der Waals surface area contributed by atoms with E-state index in [2.05, 4.69) is 11.6 Å². The van der Waals surface area contributed by atoms with Gasteiger partial charge >= 0.3 is 0 Å². The van der Waals surface area contributed by atoms with E-state index >= 15 is 0 Å². The number of hydrogen-bond acceptors (Lipinski definition) is 3. The number of hydrogen-bond donors (Lipinski definition) is 2. The van der Waals surface area contributed by atoms with Crippen molar-refractivity contribution in [2.24, 2.45) is 11.8 Å². The average Bonchev–Trinajstić information content (AvgIpc) is 2.37. The van der Waals surface area contributed by atoms with E-state index in [0.29, 0.717) is 24.1 Å². The molecule has 0 bridgehead atoms. The maximum atomic E-state index is 12.1. The average molecular weight is 282 g/mol. The molecule has 3 N–H and O–H groups in total. The monoisotopic (exact) mass is 282 g/mol. The quantitative estimate of drug-likeness (QED) is 0.833. The van der Waals surface area contributed by atoms with Gasteiger partial charge in [0.05, 0.1) is 4.90 Å². The molecule has 0 aromatic heterocycles. The van der Waals surface area contributed by atoms with Crippen LogP contribution in [0.15, 0.2) is 29.2 Å². The number of benzene rings is 1. The maximum Gasteiger partial charge on any atom is 0.240 e. The molecule has 0 spiro atoms. The molecule has 2 unspecified atom stereocenters. The van der Waals surface area contributed by atoms with Gasteiger partial charge in [0, 0.05) is 12.2 Å². The second-order valence-corrected chi connectivity index (χ2v) is 7.33. The molecule has 0 aliphatic heterocycles. The first-order valence-corrected chi connectivity index (χ1v) is 8.31. The van der Waals surface area contributed by atoms with Crippen LogP contribution in [-0.2, 0) is 10.0 Å². The zero-order valence-electron chi connectivity index (χ0n) is 11.3. The van der Waals surface area contributed by atoms with Crippen molar-refractivity contribution in [1.29, 1.82) is 0 Å². The fourth-order valence-corrected chi connectivity index (χ4v) is 3.82. The van der Waals surface area contributed by atoms with Crippen LogP contribution in [-0.4, -0.2) is 15.0 Å². The molecule has 5 heteroatoms. The molecule has 1 fully saturated rings. The van der Waals surface area contributed by atoms with E-state index < -0.39 is 10.0 Å². The molecular weight excluding hydrogens is 260 g/mol. The summed E-state index contributed by atoms with van der Waals surface area (Å²) in [7, 11) is -3.40. The number of anilines is 1. The zero-order chi connectivity index (χ0) is 13.9. The molecule has 0 saturated heterocycles. The molecular formula is C14H22N2O2S. The van der Waals surface area contributed by atoms with Gasteiger partial charge in [0.25, 0.3) is 0 Å². The summed E-state index contributed by atoms with van der Waals surface area (Å²) in [5.41, 5.74) is 6.13. The van der Waals surface area contributed by atoms with E-state index in [1.165, 1.54) is 12.8 Å². The Morgan fingerprint density at radius 3 is 2.58 bits per heavy atom. The van der Waals surface area contributed by atoms with Crippen LogP contribution in [0, 0.1) is 11.8 Å². The third-order valence-corrected chi connectivity index (χ3v) is 5.24. The predicted octanol–water partition coefficient (Wildman–Crippen LogP) is 2.37. The smallest absolute Gasteiger partial charge is 0.240 e. The van der Waals surface area contributed by atoms with Gasteiger partial charge in [0.15, 0.2) is 0 Å². The van der Waals surface area contributed by atoms with Crippen molar-refractivity contribution in [2.75, 3.05) is 12.3 Å². The maximum absolute atomic E-state index is 12.1. The van der Waals surface area contributed by atoms with Gasteiger partial charge in [-0.25, -0.2) is 13.1 Å². The highest BCUT2D eigenvalue weighted by molar-refractivity contribution is 7.89. The van der Waals surface area contributed by atoms with Crippen LogP contribution >= 0.6 is 0 Å². The Bertz CT molecular complexity index is 511. The number of nitrogens with one attached hydrogen (secondary N) is 1. The van der Waals surface area contributed by atoms with Crippen LogP contribution in [0.5, 0.6) is 0 Å². The van der Waals surface area contributed by atoms with Gasteiger partial charge in [0.2, 0.25) is 10.0 Å². The minimum atomic E-state index is -3.40. The Morgan fingerprint density at radius 1 is 1.26 bits per heavy atom. The first-order chi connectivity index (χ1) is 8.97. The normalized spacial score (nSPS) is 24.3. The van der Waals surface area contributed by atoms with E-state index in [-0.39, 0.29) is 4.90 Å². The second-order valence-electron chi connectivity index (χ2n) is 5.56. The van der Waals surface area contributed by atoms with Crippen molar-refractivity contribution in [3.63, 3.8) is 0 Å². The van der Waals surface area contributed by atoms with E-state index in [9.17, 15) is 8.42 Å². The van der Waals surface area contributed by atoms with E-state index in [4.69, 9.17) is 5.73 Å². The summed E-state index contributed by atoms with van der Waals surface area (Å²) in [6.07, 6.45) is 4.70. The third kappa shape index (κ3) is 3.94. The largest absolute Gasteiger partial charge is 0.399 e. The summed E-state index contributed by atoms with van der Waals surface area (Å²) < 4.78 is 26.9. The fraction of sp³-hybridized carbons (Fsp3) is 0.571. The number of rotatable bonds is 4. The third-order valence-electron chi connectivity index (χ3n) is 3.80. The van der Waals surface area contributed by atoms with Gasteiger partial charge < -0.3 is 5.73 Å². The van der Waals surface area contributed by atoms with Crippen LogP contribution in [0.4, 0.5) is 5.69 Å². The lowest BCUT2D eigenvalue weighted by Crippen LogP contribution is -2.31. The van der Waals surface area contributed by atoms with Crippen LogP contribution in [0.25, 0.3) is 0 Å². The van der Waals surface area contributed by atoms with Gasteiger partial charge in [-0.3, -0.25) is 0 Å². The molecule has 2 atom stereocenters. The van der Waals surface area contributed by atoms with Crippen molar-refractivity contribution in [3.05, 3.63) is 24.3 Å². The summed E-state index contributed by atoms with van der Waals surface area (Å²) in [4.78, 5) is 0.283. The molecule has 1 aromatic rings. The molecule has 0 amide bonds. The number of nitrogens with two attached hydrogens (primary N) is 1. The number of nitrogen functional groups attached to an aromatic ring is 1. The van der Waals surface area contributed by atoms with Gasteiger partial charge in [-0.15, -0.1) is 0 Å². The molecule has 0 radical (unpaired) electrons. The SMILES string of the molecule is CC1CCCC(CNS(=O)(=O)c2ccc(N)cc2)C1. The standard InChI is InChI=1S/C14H22N2O2S/c1-11-3-2-4-12(9-11)10-16-19(17,18)14-7-5-13(15)6-8-14/h5-8,11-12,16H,2-4,9-10,15H2,1H3. The van der Waals surface area contributed by atoms with Gasteiger partial charge in [0.1, 0.15) is 0 Å². The Kier molecular flexibility index (Phi) is 4.47. The molecule has 2 rings (SSSR count). The topological polar surface area (TPSA) is 72.2 Å². The van der Waals surface area contributed by atoms with Crippen LogP contribution < -0.4 is 10.5 Å². The lowest BCUT2D eigenvalue weighted by Gasteiger charge is -2.26. The lowest BCUT2D eigenvalue weighted by molar-refractivity contribution is 0.283. The molecule has 1 aliphatic carbocycles. The Hall–Kier alpha value is -1.07. The van der Waals surface area contributed by atoms with E-state index in [1.807, 2.05) is 0 Å². The molecule has 19 heavy (non-hydrogen) atoms. The summed E-state index contributed by atoms with van der Waals surface area (Å²) in [6, 6.07) is 6.30. The molecule has 1 saturated carbocycles. The van der Waals surface area contributed by atoms with Crippen molar-refractivity contribution in [3.8, 4) is 0 Å². The first kappa shape index (κ1) is 14.3. The van der Waals surface area contributed by atoms with Crippen molar-refractivity contribution < 1.29 is 8.42 Å². The molecule has 1 aromatic carbocycles.